The van der Waals surface area contributed by atoms with Crippen LogP contribution in [0, 0.1) is 46.3 Å². The van der Waals surface area contributed by atoms with Crippen LogP contribution in [0.2, 0.25) is 0 Å². The maximum absolute atomic E-state index is 13.5. The van der Waals surface area contributed by atoms with Gasteiger partial charge in [0.05, 0.1) is 12.7 Å². The number of rotatable bonds is 3. The summed E-state index contributed by atoms with van der Waals surface area (Å²) >= 11 is 0. The fourth-order valence-electron chi connectivity index (χ4n) is 8.84. The molecule has 0 aromatic heterocycles. The van der Waals surface area contributed by atoms with Crippen molar-refractivity contribution in [2.24, 2.45) is 46.3 Å². The number of hydrogen-bond acceptors (Lipinski definition) is 3. The number of halogens is 3. The lowest BCUT2D eigenvalue weighted by Crippen LogP contribution is -2.59. The third-order valence-electron chi connectivity index (χ3n) is 10.8. The monoisotopic (exact) mass is 432 g/mol. The van der Waals surface area contributed by atoms with Crippen LogP contribution >= 0.6 is 0 Å². The van der Waals surface area contributed by atoms with Gasteiger partial charge in [0.2, 0.25) is 0 Å². The van der Waals surface area contributed by atoms with Crippen LogP contribution in [-0.2, 0) is 0 Å². The Kier molecular flexibility index (Phi) is 5.59. The molecule has 0 aliphatic heterocycles. The number of aliphatic hydroxyl groups excluding tert-OH is 2. The minimum atomic E-state index is -4.54. The Morgan fingerprint density at radius 1 is 0.933 bits per heavy atom. The number of alkyl halides is 3. The summed E-state index contributed by atoms with van der Waals surface area (Å²) in [6.45, 7) is 6.43. The summed E-state index contributed by atoms with van der Waals surface area (Å²) in [7, 11) is 0. The van der Waals surface area contributed by atoms with Gasteiger partial charge in [-0.25, -0.2) is 0 Å². The molecule has 0 radical (unpaired) electrons. The van der Waals surface area contributed by atoms with Crippen LogP contribution in [-0.4, -0.2) is 39.8 Å². The van der Waals surface area contributed by atoms with E-state index in [0.717, 1.165) is 38.5 Å². The zero-order valence-corrected chi connectivity index (χ0v) is 18.6. The summed E-state index contributed by atoms with van der Waals surface area (Å²) in [6.07, 6.45) is 0.942. The van der Waals surface area contributed by atoms with Crippen LogP contribution in [0.4, 0.5) is 13.2 Å². The van der Waals surface area contributed by atoms with Gasteiger partial charge in [-0.2, -0.15) is 13.2 Å². The third kappa shape index (κ3) is 3.18. The predicted octanol–water partition coefficient (Wildman–Crippen LogP) is 4.93. The van der Waals surface area contributed by atoms with Gasteiger partial charge in [0.1, 0.15) is 0 Å². The van der Waals surface area contributed by atoms with E-state index in [9.17, 15) is 28.5 Å². The van der Waals surface area contributed by atoms with E-state index >= 15 is 0 Å². The first-order valence-electron chi connectivity index (χ1n) is 12.0. The average molecular weight is 433 g/mol. The lowest BCUT2D eigenvalue weighted by molar-refractivity contribution is -0.290. The fraction of sp³-hybridized carbons (Fsp3) is 1.00. The molecule has 4 fully saturated rings. The van der Waals surface area contributed by atoms with E-state index in [2.05, 4.69) is 20.8 Å². The minimum absolute atomic E-state index is 0.0594. The molecule has 0 aromatic carbocycles. The van der Waals surface area contributed by atoms with Gasteiger partial charge >= 0.3 is 6.18 Å². The Bertz CT molecular complexity index is 654. The first-order valence-corrected chi connectivity index (χ1v) is 12.0. The fourth-order valence-corrected chi connectivity index (χ4v) is 8.84. The summed E-state index contributed by atoms with van der Waals surface area (Å²) in [6, 6.07) is 0. The van der Waals surface area contributed by atoms with Crippen molar-refractivity contribution in [3.8, 4) is 0 Å². The molecule has 174 valence electrons. The molecule has 0 saturated heterocycles. The van der Waals surface area contributed by atoms with Crippen LogP contribution in [0.25, 0.3) is 0 Å². The van der Waals surface area contributed by atoms with Crippen LogP contribution in [0.15, 0.2) is 0 Å². The standard InChI is InChI=1S/C24H39F3O3/c1-14(20(29)13-28)17-6-7-18-16-5-4-15-12-23(30,24(25,26)27)11-10-21(15,2)19(16)8-9-22(17,18)3/h14-20,28-30H,4-13H2,1-3H3/t14-,15+,16-,17+,18-,19-,20?,21-,22+,23+/m0/s1. The molecule has 30 heavy (non-hydrogen) atoms. The van der Waals surface area contributed by atoms with E-state index in [1.807, 2.05) is 0 Å². The molecular weight excluding hydrogens is 393 g/mol. The smallest absolute Gasteiger partial charge is 0.394 e. The number of hydrogen-bond donors (Lipinski definition) is 3. The molecule has 0 heterocycles. The zero-order chi connectivity index (χ0) is 22.1. The van der Waals surface area contributed by atoms with Gasteiger partial charge in [0.25, 0.3) is 0 Å². The van der Waals surface area contributed by atoms with Crippen LogP contribution in [0.3, 0.4) is 0 Å². The molecule has 0 bridgehead atoms. The second kappa shape index (κ2) is 7.34. The summed E-state index contributed by atoms with van der Waals surface area (Å²) in [5.74, 6) is 1.91. The van der Waals surface area contributed by atoms with E-state index in [4.69, 9.17) is 0 Å². The largest absolute Gasteiger partial charge is 0.417 e. The maximum Gasteiger partial charge on any atom is 0.417 e. The minimum Gasteiger partial charge on any atom is -0.394 e. The Labute approximate surface area is 178 Å². The Balaban J connectivity index is 1.55. The maximum atomic E-state index is 13.5. The molecule has 3 N–H and O–H groups in total. The molecule has 6 heteroatoms. The highest BCUT2D eigenvalue weighted by Crippen LogP contribution is 2.69. The Hall–Kier alpha value is -0.330. The third-order valence-corrected chi connectivity index (χ3v) is 10.8. The van der Waals surface area contributed by atoms with Crippen molar-refractivity contribution in [3.63, 3.8) is 0 Å². The van der Waals surface area contributed by atoms with Crippen LogP contribution in [0.1, 0.15) is 78.6 Å². The van der Waals surface area contributed by atoms with E-state index in [1.165, 1.54) is 0 Å². The Morgan fingerprint density at radius 2 is 1.60 bits per heavy atom. The van der Waals surface area contributed by atoms with E-state index in [-0.39, 0.29) is 42.1 Å². The molecule has 0 spiro atoms. The predicted molar refractivity (Wildman–Crippen MR) is 108 cm³/mol. The molecule has 10 atom stereocenters. The van der Waals surface area contributed by atoms with Crippen molar-refractivity contribution in [2.45, 2.75) is 96.4 Å². The molecule has 4 aliphatic carbocycles. The van der Waals surface area contributed by atoms with E-state index < -0.39 is 17.9 Å². The van der Waals surface area contributed by atoms with Gasteiger partial charge in [-0.05, 0) is 104 Å². The average Bonchev–Trinajstić information content (AvgIpc) is 3.03. The van der Waals surface area contributed by atoms with Crippen molar-refractivity contribution < 1.29 is 28.5 Å². The van der Waals surface area contributed by atoms with Crippen molar-refractivity contribution in [2.75, 3.05) is 6.61 Å². The quantitative estimate of drug-likeness (QED) is 0.593. The summed E-state index contributed by atoms with van der Waals surface area (Å²) in [4.78, 5) is 0. The second-order valence-electron chi connectivity index (χ2n) is 11.7. The highest BCUT2D eigenvalue weighted by Gasteiger charge is 2.65. The Morgan fingerprint density at radius 3 is 2.23 bits per heavy atom. The summed E-state index contributed by atoms with van der Waals surface area (Å²) in [5.41, 5.74) is -2.49. The van der Waals surface area contributed by atoms with Crippen LogP contribution in [0.5, 0.6) is 0 Å². The lowest BCUT2D eigenvalue weighted by Gasteiger charge is -2.62. The normalized spacial score (nSPS) is 50.9. The summed E-state index contributed by atoms with van der Waals surface area (Å²) in [5, 5.41) is 30.1. The lowest BCUT2D eigenvalue weighted by atomic mass is 9.43. The molecule has 3 nitrogen and oxygen atoms in total. The molecule has 4 rings (SSSR count). The molecular formula is C24H39F3O3. The van der Waals surface area contributed by atoms with Gasteiger partial charge in [-0.1, -0.05) is 20.8 Å². The summed E-state index contributed by atoms with van der Waals surface area (Å²) < 4.78 is 40.5. The molecule has 1 unspecified atom stereocenters. The SMILES string of the molecule is C[C@H](C(O)CO)[C@H]1CC[C@H]2[C@@H]3CC[C@@H]4C[C@@](O)(C(F)(F)F)CC[C@]4(C)[C@H]3CC[C@]12C. The van der Waals surface area contributed by atoms with Gasteiger partial charge < -0.3 is 15.3 Å². The first kappa shape index (κ1) is 22.8. The molecule has 4 aliphatic rings. The van der Waals surface area contributed by atoms with Gasteiger partial charge in [-0.3, -0.25) is 0 Å². The van der Waals surface area contributed by atoms with Crippen molar-refractivity contribution in [3.05, 3.63) is 0 Å². The highest BCUT2D eigenvalue weighted by molar-refractivity contribution is 5.11. The number of aliphatic hydroxyl groups is 3. The zero-order valence-electron chi connectivity index (χ0n) is 18.6. The van der Waals surface area contributed by atoms with Crippen molar-refractivity contribution >= 4 is 0 Å². The van der Waals surface area contributed by atoms with E-state index in [1.54, 1.807) is 0 Å². The van der Waals surface area contributed by atoms with Crippen molar-refractivity contribution in [1.29, 1.82) is 0 Å². The first-order chi connectivity index (χ1) is 13.9. The molecule has 0 amide bonds. The van der Waals surface area contributed by atoms with Gasteiger partial charge in [0, 0.05) is 0 Å². The van der Waals surface area contributed by atoms with Gasteiger partial charge in [-0.15, -0.1) is 0 Å². The van der Waals surface area contributed by atoms with Gasteiger partial charge in [0.15, 0.2) is 5.60 Å². The highest BCUT2D eigenvalue weighted by atomic mass is 19.4. The topological polar surface area (TPSA) is 60.7 Å². The van der Waals surface area contributed by atoms with Crippen LogP contribution < -0.4 is 0 Å². The molecule has 4 saturated carbocycles. The van der Waals surface area contributed by atoms with E-state index in [0.29, 0.717) is 30.1 Å². The van der Waals surface area contributed by atoms with Crippen molar-refractivity contribution in [1.82, 2.24) is 0 Å². The number of fused-ring (bicyclic) bond motifs is 5. The second-order valence-corrected chi connectivity index (χ2v) is 11.7. The molecule has 0 aromatic rings.